The molecule has 0 radical (unpaired) electrons. The highest BCUT2D eigenvalue weighted by atomic mass is 15.3. The molecule has 19 heavy (non-hydrogen) atoms. The van der Waals surface area contributed by atoms with Crippen LogP contribution in [0.3, 0.4) is 0 Å². The van der Waals surface area contributed by atoms with Gasteiger partial charge in [-0.15, -0.1) is 0 Å². The van der Waals surface area contributed by atoms with Crippen molar-refractivity contribution in [2.45, 2.75) is 39.7 Å². The molecule has 0 aliphatic heterocycles. The molecular weight excluding hydrogens is 238 g/mol. The molecule has 1 unspecified atom stereocenters. The monoisotopic (exact) mass is 257 g/mol. The van der Waals surface area contributed by atoms with Crippen LogP contribution in [0.1, 0.15) is 43.3 Å². The van der Waals surface area contributed by atoms with Gasteiger partial charge in [0.1, 0.15) is 6.33 Å². The summed E-state index contributed by atoms with van der Waals surface area (Å²) in [5.41, 5.74) is 9.73. The molecule has 0 fully saturated rings. The van der Waals surface area contributed by atoms with Gasteiger partial charge in [-0.25, -0.2) is 14.6 Å². The second-order valence-electron chi connectivity index (χ2n) is 6.13. The average molecular weight is 257 g/mol. The molecule has 0 amide bonds. The number of nitrogens with zero attached hydrogens (tertiary/aromatic N) is 4. The quantitative estimate of drug-likeness (QED) is 0.847. The first kappa shape index (κ1) is 12.3. The van der Waals surface area contributed by atoms with Crippen molar-refractivity contribution in [3.63, 3.8) is 0 Å². The molecule has 0 saturated carbocycles. The van der Waals surface area contributed by atoms with Crippen LogP contribution in [0.25, 0.3) is 5.82 Å². The summed E-state index contributed by atoms with van der Waals surface area (Å²) >= 11 is 0. The molecule has 2 aromatic heterocycles. The van der Waals surface area contributed by atoms with Crippen molar-refractivity contribution in [3.05, 3.63) is 35.5 Å². The Morgan fingerprint density at radius 3 is 2.89 bits per heavy atom. The molecule has 5 heteroatoms. The van der Waals surface area contributed by atoms with Crippen LogP contribution in [0.15, 0.2) is 18.6 Å². The lowest BCUT2D eigenvalue weighted by atomic mass is 9.75. The predicted molar refractivity (Wildman–Crippen MR) is 72.9 cm³/mol. The van der Waals surface area contributed by atoms with Crippen molar-refractivity contribution >= 4 is 0 Å². The molecule has 5 nitrogen and oxygen atoms in total. The fourth-order valence-electron chi connectivity index (χ4n) is 2.86. The normalized spacial score (nSPS) is 21.2. The van der Waals surface area contributed by atoms with Crippen LogP contribution in [0.4, 0.5) is 0 Å². The average Bonchev–Trinajstić information content (AvgIpc) is 2.71. The van der Waals surface area contributed by atoms with Gasteiger partial charge in [-0.05, 0) is 25.2 Å². The van der Waals surface area contributed by atoms with Gasteiger partial charge in [-0.3, -0.25) is 0 Å². The first-order valence-corrected chi connectivity index (χ1v) is 6.58. The summed E-state index contributed by atoms with van der Waals surface area (Å²) in [5.74, 6) is 0.818. The summed E-state index contributed by atoms with van der Waals surface area (Å²) in [6, 6.07) is 2.01. The van der Waals surface area contributed by atoms with E-state index in [1.807, 2.05) is 23.9 Å². The number of nitrogens with two attached hydrogens (primary N) is 1. The summed E-state index contributed by atoms with van der Waals surface area (Å²) in [6.45, 7) is 6.45. The van der Waals surface area contributed by atoms with Crippen LogP contribution in [0, 0.1) is 12.3 Å². The predicted octanol–water partition coefficient (Wildman–Crippen LogP) is 1.94. The number of hydrogen-bond acceptors (Lipinski definition) is 4. The Labute approximate surface area is 112 Å². The first-order chi connectivity index (χ1) is 8.96. The van der Waals surface area contributed by atoms with Crippen molar-refractivity contribution in [1.29, 1.82) is 0 Å². The van der Waals surface area contributed by atoms with Gasteiger partial charge < -0.3 is 5.73 Å². The maximum atomic E-state index is 6.26. The SMILES string of the molecule is Cc1cc(-n2ncc3c2CC(C)(C)CC3N)ncn1. The Balaban J connectivity index is 2.11. The molecule has 2 aromatic rings. The van der Waals surface area contributed by atoms with E-state index in [-0.39, 0.29) is 11.5 Å². The smallest absolute Gasteiger partial charge is 0.157 e. The lowest BCUT2D eigenvalue weighted by Crippen LogP contribution is -2.30. The van der Waals surface area contributed by atoms with Gasteiger partial charge in [0, 0.05) is 23.4 Å². The topological polar surface area (TPSA) is 69.6 Å². The zero-order valence-electron chi connectivity index (χ0n) is 11.6. The standard InChI is InChI=1S/C14H19N5/c1-9-4-13(17-8-16-9)19-12-6-14(2,3)5-11(15)10(12)7-18-19/h4,7-8,11H,5-6,15H2,1-3H3. The van der Waals surface area contributed by atoms with Gasteiger partial charge in [0.15, 0.2) is 5.82 Å². The van der Waals surface area contributed by atoms with E-state index < -0.39 is 0 Å². The Hall–Kier alpha value is -1.75. The molecule has 1 aliphatic carbocycles. The van der Waals surface area contributed by atoms with Crippen molar-refractivity contribution in [3.8, 4) is 5.82 Å². The maximum Gasteiger partial charge on any atom is 0.157 e. The number of fused-ring (bicyclic) bond motifs is 1. The van der Waals surface area contributed by atoms with Gasteiger partial charge in [0.25, 0.3) is 0 Å². The second-order valence-corrected chi connectivity index (χ2v) is 6.13. The maximum absolute atomic E-state index is 6.26. The Kier molecular flexibility index (Phi) is 2.67. The fourth-order valence-corrected chi connectivity index (χ4v) is 2.86. The largest absolute Gasteiger partial charge is 0.324 e. The lowest BCUT2D eigenvalue weighted by Gasteiger charge is -2.33. The molecule has 1 atom stereocenters. The van der Waals surface area contributed by atoms with Crippen LogP contribution >= 0.6 is 0 Å². The summed E-state index contributed by atoms with van der Waals surface area (Å²) in [4.78, 5) is 8.44. The molecule has 0 saturated heterocycles. The molecule has 2 N–H and O–H groups in total. The van der Waals surface area contributed by atoms with Gasteiger partial charge in [-0.2, -0.15) is 5.10 Å². The van der Waals surface area contributed by atoms with Crippen molar-refractivity contribution in [2.75, 3.05) is 0 Å². The third-order valence-corrected chi connectivity index (χ3v) is 3.73. The van der Waals surface area contributed by atoms with E-state index >= 15 is 0 Å². The molecule has 0 spiro atoms. The van der Waals surface area contributed by atoms with Crippen molar-refractivity contribution < 1.29 is 0 Å². The van der Waals surface area contributed by atoms with E-state index in [0.717, 1.165) is 29.9 Å². The molecule has 1 aliphatic rings. The van der Waals surface area contributed by atoms with Gasteiger partial charge in [0.05, 0.1) is 11.9 Å². The van der Waals surface area contributed by atoms with Crippen molar-refractivity contribution in [2.24, 2.45) is 11.1 Å². The third kappa shape index (κ3) is 2.14. The Morgan fingerprint density at radius 2 is 2.16 bits per heavy atom. The summed E-state index contributed by atoms with van der Waals surface area (Å²) in [7, 11) is 0. The van der Waals surface area contributed by atoms with Crippen LogP contribution < -0.4 is 5.73 Å². The second kappa shape index (κ2) is 4.13. The van der Waals surface area contributed by atoms with Crippen LogP contribution in [0.5, 0.6) is 0 Å². The van der Waals surface area contributed by atoms with E-state index in [0.29, 0.717) is 0 Å². The zero-order chi connectivity index (χ0) is 13.6. The fraction of sp³-hybridized carbons (Fsp3) is 0.500. The molecule has 3 rings (SSSR count). The van der Waals surface area contributed by atoms with Crippen LogP contribution in [-0.4, -0.2) is 19.7 Å². The lowest BCUT2D eigenvalue weighted by molar-refractivity contribution is 0.277. The molecule has 2 heterocycles. The van der Waals surface area contributed by atoms with E-state index in [9.17, 15) is 0 Å². The summed E-state index contributed by atoms with van der Waals surface area (Å²) in [6.07, 6.45) is 5.42. The minimum Gasteiger partial charge on any atom is -0.324 e. The highest BCUT2D eigenvalue weighted by Gasteiger charge is 2.33. The van der Waals surface area contributed by atoms with E-state index in [1.165, 1.54) is 5.69 Å². The highest BCUT2D eigenvalue weighted by Crippen LogP contribution is 2.39. The molecule has 0 aromatic carbocycles. The van der Waals surface area contributed by atoms with E-state index in [2.05, 4.69) is 28.9 Å². The number of hydrogen-bond donors (Lipinski definition) is 1. The number of aromatic nitrogens is 4. The molecule has 0 bridgehead atoms. The number of rotatable bonds is 1. The van der Waals surface area contributed by atoms with Crippen molar-refractivity contribution in [1.82, 2.24) is 19.7 Å². The number of aryl methyl sites for hydroxylation is 1. The Morgan fingerprint density at radius 1 is 1.37 bits per heavy atom. The van der Waals surface area contributed by atoms with Gasteiger partial charge >= 0.3 is 0 Å². The van der Waals surface area contributed by atoms with Crippen LogP contribution in [-0.2, 0) is 6.42 Å². The zero-order valence-corrected chi connectivity index (χ0v) is 11.6. The molecular formula is C14H19N5. The van der Waals surface area contributed by atoms with Crippen LogP contribution in [0.2, 0.25) is 0 Å². The third-order valence-electron chi connectivity index (χ3n) is 3.73. The first-order valence-electron chi connectivity index (χ1n) is 6.58. The summed E-state index contributed by atoms with van der Waals surface area (Å²) in [5, 5.41) is 4.47. The van der Waals surface area contributed by atoms with Gasteiger partial charge in [-0.1, -0.05) is 13.8 Å². The molecule has 100 valence electrons. The van der Waals surface area contributed by atoms with Gasteiger partial charge in [0.2, 0.25) is 0 Å². The Bertz CT molecular complexity index is 614. The van der Waals surface area contributed by atoms with E-state index in [4.69, 9.17) is 5.73 Å². The summed E-state index contributed by atoms with van der Waals surface area (Å²) < 4.78 is 1.91. The minimum absolute atomic E-state index is 0.0652. The minimum atomic E-state index is 0.0652. The van der Waals surface area contributed by atoms with E-state index in [1.54, 1.807) is 6.33 Å². The highest BCUT2D eigenvalue weighted by molar-refractivity contribution is 5.33.